The Bertz CT molecular complexity index is 587. The average Bonchev–Trinajstić information content (AvgIpc) is 2.69. The minimum atomic E-state index is -3.68. The Morgan fingerprint density at radius 3 is 2.24 bits per heavy atom. The zero-order valence-electron chi connectivity index (χ0n) is 13.5. The van der Waals surface area contributed by atoms with E-state index in [1.807, 2.05) is 6.92 Å². The summed E-state index contributed by atoms with van der Waals surface area (Å²) in [5, 5.41) is 0. The lowest BCUT2D eigenvalue weighted by Gasteiger charge is -2.35. The van der Waals surface area contributed by atoms with Crippen LogP contribution in [0.25, 0.3) is 0 Å². The van der Waals surface area contributed by atoms with E-state index in [2.05, 4.69) is 32.6 Å². The maximum absolute atomic E-state index is 12.3. The van der Waals surface area contributed by atoms with Gasteiger partial charge in [-0.3, -0.25) is 9.08 Å². The second-order valence-corrected chi connectivity index (χ2v) is 8.47. The Balaban J connectivity index is 2.10. The second kappa shape index (κ2) is 5.71. The molecule has 0 aromatic heterocycles. The summed E-state index contributed by atoms with van der Waals surface area (Å²) in [7, 11) is -3.68. The van der Waals surface area contributed by atoms with Gasteiger partial charge in [-0.1, -0.05) is 17.7 Å². The number of rotatable bonds is 3. The van der Waals surface area contributed by atoms with Crippen LogP contribution in [-0.4, -0.2) is 37.5 Å². The van der Waals surface area contributed by atoms with E-state index < -0.39 is 10.1 Å². The third-order valence-corrected chi connectivity index (χ3v) is 5.35. The molecular weight excluding hydrogens is 286 g/mol. The van der Waals surface area contributed by atoms with Crippen molar-refractivity contribution in [1.29, 1.82) is 0 Å². The number of likely N-dealkylation sites (tertiary alicyclic amines) is 1. The molecule has 1 fully saturated rings. The fourth-order valence-corrected chi connectivity index (χ4v) is 4.00. The molecule has 0 aliphatic carbocycles. The first kappa shape index (κ1) is 16.5. The molecule has 0 amide bonds. The number of hydrogen-bond donors (Lipinski definition) is 0. The highest BCUT2D eigenvalue weighted by Crippen LogP contribution is 2.29. The zero-order valence-corrected chi connectivity index (χ0v) is 14.3. The molecule has 0 bridgehead atoms. The summed E-state index contributed by atoms with van der Waals surface area (Å²) in [6, 6.07) is 7.10. The monoisotopic (exact) mass is 311 g/mol. The molecule has 0 radical (unpaired) electrons. The molecule has 2 rings (SSSR count). The fourth-order valence-electron chi connectivity index (χ4n) is 2.93. The van der Waals surface area contributed by atoms with Crippen LogP contribution in [0.1, 0.15) is 39.7 Å². The first-order chi connectivity index (χ1) is 9.59. The summed E-state index contributed by atoms with van der Waals surface area (Å²) in [6.45, 7) is 11.1. The maximum Gasteiger partial charge on any atom is 0.297 e. The highest BCUT2D eigenvalue weighted by Gasteiger charge is 2.38. The van der Waals surface area contributed by atoms with Crippen molar-refractivity contribution in [3.8, 4) is 0 Å². The van der Waals surface area contributed by atoms with Gasteiger partial charge in [-0.15, -0.1) is 0 Å². The van der Waals surface area contributed by atoms with Gasteiger partial charge in [0.25, 0.3) is 10.1 Å². The minimum Gasteiger partial charge on any atom is -0.293 e. The fraction of sp³-hybridized carbons (Fsp3) is 0.625. The summed E-state index contributed by atoms with van der Waals surface area (Å²) in [5.74, 6) is 0. The summed E-state index contributed by atoms with van der Waals surface area (Å²) >= 11 is 0. The van der Waals surface area contributed by atoms with Gasteiger partial charge in [0.05, 0.1) is 11.0 Å². The normalized spacial score (nSPS) is 24.4. The Morgan fingerprint density at radius 2 is 1.76 bits per heavy atom. The van der Waals surface area contributed by atoms with Crippen LogP contribution in [0, 0.1) is 6.92 Å². The van der Waals surface area contributed by atoms with Crippen LogP contribution < -0.4 is 0 Å². The van der Waals surface area contributed by atoms with E-state index in [1.165, 1.54) is 0 Å². The summed E-state index contributed by atoms with van der Waals surface area (Å²) in [6.07, 6.45) is 0.466. The standard InChI is InChI=1S/C16H25NO3S/c1-12-6-8-15(9-7-12)21(18,19)20-14-10-13(2)17(11-14)16(3,4)5/h6-9,13-14H,10-11H2,1-5H3/t13-,14+/m0/s1. The largest absolute Gasteiger partial charge is 0.297 e. The molecule has 1 aromatic rings. The van der Waals surface area contributed by atoms with Gasteiger partial charge >= 0.3 is 0 Å². The highest BCUT2D eigenvalue weighted by molar-refractivity contribution is 7.86. The van der Waals surface area contributed by atoms with Crippen LogP contribution in [0.2, 0.25) is 0 Å². The third kappa shape index (κ3) is 3.84. The molecular formula is C16H25NO3S. The van der Waals surface area contributed by atoms with E-state index >= 15 is 0 Å². The van der Waals surface area contributed by atoms with Gasteiger partial charge in [0.2, 0.25) is 0 Å². The summed E-state index contributed by atoms with van der Waals surface area (Å²) in [4.78, 5) is 2.53. The molecule has 0 unspecified atom stereocenters. The van der Waals surface area contributed by atoms with Gasteiger partial charge in [0, 0.05) is 18.1 Å². The van der Waals surface area contributed by atoms with Gasteiger partial charge < -0.3 is 0 Å². The van der Waals surface area contributed by atoms with Gasteiger partial charge in [0.1, 0.15) is 0 Å². The Kier molecular flexibility index (Phi) is 4.47. The van der Waals surface area contributed by atoms with Crippen molar-refractivity contribution in [3.63, 3.8) is 0 Å². The van der Waals surface area contributed by atoms with Crippen LogP contribution in [-0.2, 0) is 14.3 Å². The van der Waals surface area contributed by atoms with E-state index in [0.29, 0.717) is 12.6 Å². The van der Waals surface area contributed by atoms with Crippen LogP contribution in [0.5, 0.6) is 0 Å². The SMILES string of the molecule is Cc1ccc(S(=O)(=O)O[C@@H]2C[C@H](C)N(C(C)(C)C)C2)cc1. The first-order valence-electron chi connectivity index (χ1n) is 7.36. The van der Waals surface area contributed by atoms with Crippen LogP contribution >= 0.6 is 0 Å². The Morgan fingerprint density at radius 1 is 1.19 bits per heavy atom. The smallest absolute Gasteiger partial charge is 0.293 e. The number of hydrogen-bond acceptors (Lipinski definition) is 4. The van der Waals surface area contributed by atoms with E-state index in [9.17, 15) is 8.42 Å². The zero-order chi connectivity index (χ0) is 15.8. The molecule has 1 aromatic carbocycles. The van der Waals surface area contributed by atoms with E-state index in [-0.39, 0.29) is 16.5 Å². The van der Waals surface area contributed by atoms with Crippen molar-refractivity contribution >= 4 is 10.1 Å². The lowest BCUT2D eigenvalue weighted by Crippen LogP contribution is -2.43. The molecule has 1 aliphatic rings. The topological polar surface area (TPSA) is 46.6 Å². The predicted octanol–water partition coefficient (Wildman–Crippen LogP) is 2.96. The molecule has 0 spiro atoms. The molecule has 4 nitrogen and oxygen atoms in total. The maximum atomic E-state index is 12.3. The van der Waals surface area contributed by atoms with E-state index in [0.717, 1.165) is 12.0 Å². The molecule has 2 atom stereocenters. The van der Waals surface area contributed by atoms with Crippen molar-refractivity contribution in [3.05, 3.63) is 29.8 Å². The van der Waals surface area contributed by atoms with Crippen molar-refractivity contribution in [1.82, 2.24) is 4.90 Å². The third-order valence-electron chi connectivity index (χ3n) is 3.97. The Hall–Kier alpha value is -0.910. The molecule has 0 saturated carbocycles. The quantitative estimate of drug-likeness (QED) is 0.805. The average molecular weight is 311 g/mol. The lowest BCUT2D eigenvalue weighted by atomic mass is 10.1. The van der Waals surface area contributed by atoms with Crippen LogP contribution in [0.3, 0.4) is 0 Å². The van der Waals surface area contributed by atoms with Gasteiger partial charge in [-0.05, 0) is 53.2 Å². The predicted molar refractivity (Wildman–Crippen MR) is 83.8 cm³/mol. The Labute approximate surface area is 128 Å². The van der Waals surface area contributed by atoms with Crippen LogP contribution in [0.4, 0.5) is 0 Å². The van der Waals surface area contributed by atoms with E-state index in [4.69, 9.17) is 4.18 Å². The van der Waals surface area contributed by atoms with Crippen molar-refractivity contribution in [2.75, 3.05) is 6.54 Å². The number of aryl methyl sites for hydroxylation is 1. The van der Waals surface area contributed by atoms with Gasteiger partial charge in [-0.25, -0.2) is 0 Å². The van der Waals surface area contributed by atoms with Crippen molar-refractivity contribution in [2.24, 2.45) is 0 Å². The molecule has 1 heterocycles. The second-order valence-electron chi connectivity index (χ2n) is 6.89. The molecule has 21 heavy (non-hydrogen) atoms. The van der Waals surface area contributed by atoms with Crippen LogP contribution in [0.15, 0.2) is 29.2 Å². The summed E-state index contributed by atoms with van der Waals surface area (Å²) < 4.78 is 30.1. The van der Waals surface area contributed by atoms with Crippen molar-refractivity contribution < 1.29 is 12.6 Å². The molecule has 1 saturated heterocycles. The molecule has 1 aliphatic heterocycles. The van der Waals surface area contributed by atoms with E-state index in [1.54, 1.807) is 24.3 Å². The lowest BCUT2D eigenvalue weighted by molar-refractivity contribution is 0.116. The molecule has 118 valence electrons. The molecule has 0 N–H and O–H groups in total. The molecule has 5 heteroatoms. The number of nitrogens with zero attached hydrogens (tertiary/aromatic N) is 1. The van der Waals surface area contributed by atoms with Gasteiger partial charge in [0.15, 0.2) is 0 Å². The highest BCUT2D eigenvalue weighted by atomic mass is 32.2. The van der Waals surface area contributed by atoms with Gasteiger partial charge in [-0.2, -0.15) is 8.42 Å². The number of benzene rings is 1. The first-order valence-corrected chi connectivity index (χ1v) is 8.77. The minimum absolute atomic E-state index is 0.0190. The van der Waals surface area contributed by atoms with Crippen molar-refractivity contribution in [2.45, 2.75) is 63.6 Å². The summed E-state index contributed by atoms with van der Waals surface area (Å²) in [5.41, 5.74) is 1.05.